The Morgan fingerprint density at radius 3 is 2.50 bits per heavy atom. The lowest BCUT2D eigenvalue weighted by atomic mass is 9.93. The van der Waals surface area contributed by atoms with Crippen LogP contribution in [-0.4, -0.2) is 0 Å². The van der Waals surface area contributed by atoms with E-state index >= 15 is 0 Å². The Morgan fingerprint density at radius 1 is 1.38 bits per heavy atom. The lowest BCUT2D eigenvalue weighted by Gasteiger charge is -2.12. The van der Waals surface area contributed by atoms with E-state index in [-0.39, 0.29) is 0 Å². The Balaban J connectivity index is 2.59. The molecule has 0 N–H and O–H groups in total. The maximum atomic E-state index is 2.27. The van der Waals surface area contributed by atoms with Crippen molar-refractivity contribution in [2.75, 3.05) is 0 Å². The molecule has 40 valence electrons. The fourth-order valence-corrected chi connectivity index (χ4v) is 1.19. The molecule has 0 atom stereocenters. The first-order valence-corrected chi connectivity index (χ1v) is 2.96. The van der Waals surface area contributed by atoms with E-state index in [0.717, 1.165) is 0 Å². The van der Waals surface area contributed by atoms with Crippen molar-refractivity contribution < 1.29 is 0 Å². The van der Waals surface area contributed by atoms with E-state index in [0.29, 0.717) is 0 Å². The molecular weight excluding hydrogens is 96.1 g/mol. The van der Waals surface area contributed by atoms with Crippen LogP contribution < -0.4 is 0 Å². The van der Waals surface area contributed by atoms with Crippen molar-refractivity contribution in [3.05, 3.63) is 34.9 Å². The minimum absolute atomic E-state index is 1.20. The molecule has 0 aliphatic heterocycles. The number of hydrogen-bond donors (Lipinski definition) is 0. The first kappa shape index (κ1) is 4.13. The molecule has 0 amide bonds. The number of hydrogen-bond acceptors (Lipinski definition) is 0. The fourth-order valence-electron chi connectivity index (χ4n) is 1.19. The third-order valence-electron chi connectivity index (χ3n) is 1.86. The van der Waals surface area contributed by atoms with Gasteiger partial charge in [0.25, 0.3) is 0 Å². The van der Waals surface area contributed by atoms with Crippen LogP contribution >= 0.6 is 0 Å². The van der Waals surface area contributed by atoms with Gasteiger partial charge in [0.2, 0.25) is 0 Å². The summed E-state index contributed by atoms with van der Waals surface area (Å²) in [6, 6.07) is 0. The average molecular weight is 104 g/mol. The molecule has 0 aromatic rings. The minimum atomic E-state index is 1.20. The summed E-state index contributed by atoms with van der Waals surface area (Å²) in [7, 11) is 0. The lowest BCUT2D eigenvalue weighted by Crippen LogP contribution is -1.93. The lowest BCUT2D eigenvalue weighted by molar-refractivity contribution is 1.12. The van der Waals surface area contributed by atoms with Gasteiger partial charge in [-0.3, -0.25) is 0 Å². The molecule has 8 heavy (non-hydrogen) atoms. The van der Waals surface area contributed by atoms with Crippen LogP contribution in [0.1, 0.15) is 13.3 Å². The molecule has 2 aliphatic carbocycles. The van der Waals surface area contributed by atoms with Gasteiger partial charge >= 0.3 is 0 Å². The number of fused-ring (bicyclic) bond motifs is 1. The highest BCUT2D eigenvalue weighted by molar-refractivity contribution is 5.59. The van der Waals surface area contributed by atoms with Gasteiger partial charge in [0.15, 0.2) is 0 Å². The van der Waals surface area contributed by atoms with Crippen LogP contribution in [0, 0.1) is 0 Å². The molecule has 0 aromatic heterocycles. The summed E-state index contributed by atoms with van der Waals surface area (Å²) in [5.74, 6) is 0. The minimum Gasteiger partial charge on any atom is -0.0725 e. The smallest absolute Gasteiger partial charge is 0.00799 e. The second-order valence-electron chi connectivity index (χ2n) is 2.36. The van der Waals surface area contributed by atoms with Gasteiger partial charge in [-0.2, -0.15) is 0 Å². The monoisotopic (exact) mass is 104 g/mol. The van der Waals surface area contributed by atoms with Crippen LogP contribution in [0.2, 0.25) is 0 Å². The summed E-state index contributed by atoms with van der Waals surface area (Å²) in [5, 5.41) is 0. The van der Waals surface area contributed by atoms with Crippen molar-refractivity contribution in [1.82, 2.24) is 0 Å². The molecule has 0 fully saturated rings. The van der Waals surface area contributed by atoms with E-state index in [2.05, 4.69) is 25.2 Å². The molecule has 2 rings (SSSR count). The second-order valence-corrected chi connectivity index (χ2v) is 2.36. The van der Waals surface area contributed by atoms with E-state index in [1.807, 2.05) is 0 Å². The van der Waals surface area contributed by atoms with Crippen LogP contribution in [0.4, 0.5) is 0 Å². The molecule has 0 heteroatoms. The quantitative estimate of drug-likeness (QED) is 0.442. The van der Waals surface area contributed by atoms with Crippen molar-refractivity contribution in [3.8, 4) is 0 Å². The second kappa shape index (κ2) is 1.13. The standard InChI is InChI=1S/C8H8/c1-6-2-3-7-4-5-8(6)7/h2-4H,5H2,1H3. The maximum Gasteiger partial charge on any atom is -0.00799 e. The topological polar surface area (TPSA) is 0 Å². The van der Waals surface area contributed by atoms with E-state index in [9.17, 15) is 0 Å². The van der Waals surface area contributed by atoms with Gasteiger partial charge in [-0.05, 0) is 30.1 Å². The highest BCUT2D eigenvalue weighted by Gasteiger charge is 2.15. The molecule has 0 saturated heterocycles. The highest BCUT2D eigenvalue weighted by Crippen LogP contribution is 2.35. The van der Waals surface area contributed by atoms with Crippen LogP contribution in [-0.2, 0) is 0 Å². The van der Waals surface area contributed by atoms with Gasteiger partial charge in [-0.1, -0.05) is 18.2 Å². The summed E-state index contributed by atoms with van der Waals surface area (Å²) < 4.78 is 0. The van der Waals surface area contributed by atoms with Crippen molar-refractivity contribution in [2.45, 2.75) is 13.3 Å². The zero-order valence-electron chi connectivity index (χ0n) is 4.94. The van der Waals surface area contributed by atoms with Crippen molar-refractivity contribution >= 4 is 0 Å². The summed E-state index contributed by atoms with van der Waals surface area (Å²) in [4.78, 5) is 0. The first-order valence-electron chi connectivity index (χ1n) is 2.96. The molecule has 0 saturated carbocycles. The molecule has 2 aliphatic rings. The Labute approximate surface area is 49.2 Å². The summed E-state index contributed by atoms with van der Waals surface area (Å²) in [6.07, 6.45) is 7.85. The van der Waals surface area contributed by atoms with Gasteiger partial charge in [0, 0.05) is 0 Å². The van der Waals surface area contributed by atoms with E-state index in [1.165, 1.54) is 17.6 Å². The van der Waals surface area contributed by atoms with Crippen LogP contribution in [0.15, 0.2) is 34.9 Å². The molecular formula is C8H8. The average Bonchev–Trinajstić information content (AvgIpc) is 1.80. The first-order chi connectivity index (χ1) is 3.88. The van der Waals surface area contributed by atoms with Crippen molar-refractivity contribution in [2.24, 2.45) is 0 Å². The van der Waals surface area contributed by atoms with Crippen molar-refractivity contribution in [3.63, 3.8) is 0 Å². The van der Waals surface area contributed by atoms with Crippen molar-refractivity contribution in [1.29, 1.82) is 0 Å². The molecule has 0 nitrogen and oxygen atoms in total. The summed E-state index contributed by atoms with van der Waals surface area (Å²) in [5.41, 5.74) is 4.48. The Bertz CT molecular complexity index is 214. The third kappa shape index (κ3) is 0.313. The van der Waals surface area contributed by atoms with E-state index in [1.54, 1.807) is 5.57 Å². The summed E-state index contributed by atoms with van der Waals surface area (Å²) >= 11 is 0. The molecule has 0 aromatic carbocycles. The van der Waals surface area contributed by atoms with E-state index < -0.39 is 0 Å². The predicted octanol–water partition coefficient (Wildman–Crippen LogP) is 2.20. The van der Waals surface area contributed by atoms with Gasteiger partial charge in [0.05, 0.1) is 0 Å². The Hall–Kier alpha value is -0.780. The SMILES string of the molecule is CC1=C2CC=C2C=C1. The van der Waals surface area contributed by atoms with Crippen LogP contribution in [0.3, 0.4) is 0 Å². The maximum absolute atomic E-state index is 2.27. The third-order valence-corrected chi connectivity index (χ3v) is 1.86. The van der Waals surface area contributed by atoms with Crippen LogP contribution in [0.5, 0.6) is 0 Å². The van der Waals surface area contributed by atoms with E-state index in [4.69, 9.17) is 0 Å². The summed E-state index contributed by atoms with van der Waals surface area (Å²) in [6.45, 7) is 2.17. The molecule has 0 unspecified atom stereocenters. The zero-order chi connectivity index (χ0) is 5.56. The Kier molecular flexibility index (Phi) is 0.587. The predicted molar refractivity (Wildman–Crippen MR) is 34.5 cm³/mol. The normalized spacial score (nSPS) is 22.9. The molecule has 0 radical (unpaired) electrons. The van der Waals surface area contributed by atoms with Gasteiger partial charge in [0.1, 0.15) is 0 Å². The zero-order valence-corrected chi connectivity index (χ0v) is 4.94. The highest BCUT2D eigenvalue weighted by atomic mass is 14.2. The van der Waals surface area contributed by atoms with Gasteiger partial charge in [-0.15, -0.1) is 0 Å². The largest absolute Gasteiger partial charge is 0.0725 e. The van der Waals surface area contributed by atoms with Gasteiger partial charge < -0.3 is 0 Å². The van der Waals surface area contributed by atoms with Crippen LogP contribution in [0.25, 0.3) is 0 Å². The number of rotatable bonds is 0. The molecule has 0 bridgehead atoms. The molecule has 0 spiro atoms. The Morgan fingerprint density at radius 2 is 2.25 bits per heavy atom. The van der Waals surface area contributed by atoms with Gasteiger partial charge in [-0.25, -0.2) is 0 Å². The number of allylic oxidation sites excluding steroid dienone is 6. The fraction of sp³-hybridized carbons (Fsp3) is 0.250. The molecule has 0 heterocycles.